The minimum absolute atomic E-state index is 0.106. The van der Waals surface area contributed by atoms with Gasteiger partial charge in [0.25, 0.3) is 0 Å². The molecule has 0 atom stereocenters. The van der Waals surface area contributed by atoms with Crippen molar-refractivity contribution in [1.82, 2.24) is 5.32 Å². The van der Waals surface area contributed by atoms with Crippen molar-refractivity contribution in [3.63, 3.8) is 0 Å². The summed E-state index contributed by atoms with van der Waals surface area (Å²) in [6.45, 7) is 0.862. The molecule has 0 saturated heterocycles. The Labute approximate surface area is 59.8 Å². The van der Waals surface area contributed by atoms with Gasteiger partial charge in [0.2, 0.25) is 5.92 Å². The summed E-state index contributed by atoms with van der Waals surface area (Å²) in [4.78, 5) is 0. The van der Waals surface area contributed by atoms with Crippen LogP contribution in [0.15, 0.2) is 0 Å². The molecule has 0 amide bonds. The van der Waals surface area contributed by atoms with Crippen molar-refractivity contribution in [2.75, 3.05) is 13.6 Å². The second kappa shape index (κ2) is 2.82. The summed E-state index contributed by atoms with van der Waals surface area (Å²) in [5.74, 6) is -2.07. The molecule has 1 nitrogen and oxygen atoms in total. The van der Waals surface area contributed by atoms with Crippen molar-refractivity contribution >= 4 is 0 Å². The van der Waals surface area contributed by atoms with Crippen molar-refractivity contribution in [3.8, 4) is 0 Å². The number of nitrogens with one attached hydrogen (secondary N) is 1. The number of hydrogen-bond donors (Lipinski definition) is 1. The lowest BCUT2D eigenvalue weighted by molar-refractivity contribution is -0.111. The van der Waals surface area contributed by atoms with Crippen LogP contribution in [-0.2, 0) is 0 Å². The minimum Gasteiger partial charge on any atom is -0.320 e. The second-order valence-corrected chi connectivity index (χ2v) is 3.02. The Morgan fingerprint density at radius 1 is 1.50 bits per heavy atom. The van der Waals surface area contributed by atoms with Crippen molar-refractivity contribution in [2.24, 2.45) is 5.92 Å². The number of rotatable bonds is 3. The molecule has 1 saturated carbocycles. The summed E-state index contributed by atoms with van der Waals surface area (Å²) in [5.41, 5.74) is 0. The number of halogens is 2. The molecule has 1 N–H and O–H groups in total. The second-order valence-electron chi connectivity index (χ2n) is 3.02. The Hall–Kier alpha value is -0.180. The fourth-order valence-electron chi connectivity index (χ4n) is 1.34. The zero-order chi connectivity index (χ0) is 7.61. The first-order chi connectivity index (χ1) is 4.64. The van der Waals surface area contributed by atoms with E-state index in [1.165, 1.54) is 0 Å². The average molecular weight is 149 g/mol. The molecular formula is C7H13F2N. The molecule has 1 aliphatic carbocycles. The Morgan fingerprint density at radius 3 is 2.50 bits per heavy atom. The van der Waals surface area contributed by atoms with Gasteiger partial charge >= 0.3 is 0 Å². The van der Waals surface area contributed by atoms with Crippen LogP contribution in [0.1, 0.15) is 19.3 Å². The summed E-state index contributed by atoms with van der Waals surface area (Å²) in [6, 6.07) is 0. The Morgan fingerprint density at radius 2 is 2.10 bits per heavy atom. The highest BCUT2D eigenvalue weighted by Crippen LogP contribution is 2.43. The molecule has 1 fully saturated rings. The van der Waals surface area contributed by atoms with Crippen molar-refractivity contribution in [1.29, 1.82) is 0 Å². The van der Waals surface area contributed by atoms with Crippen LogP contribution in [0.5, 0.6) is 0 Å². The molecule has 0 aliphatic heterocycles. The topological polar surface area (TPSA) is 12.0 Å². The van der Waals surface area contributed by atoms with Gasteiger partial charge in [-0.15, -0.1) is 0 Å². The number of alkyl halides is 2. The fraction of sp³-hybridized carbons (Fsp3) is 1.00. The van der Waals surface area contributed by atoms with Crippen LogP contribution in [0.4, 0.5) is 8.78 Å². The summed E-state index contributed by atoms with van der Waals surface area (Å²) in [7, 11) is 1.84. The summed E-state index contributed by atoms with van der Waals surface area (Å²) < 4.78 is 24.4. The van der Waals surface area contributed by atoms with Gasteiger partial charge in [-0.05, 0) is 25.9 Å². The van der Waals surface area contributed by atoms with E-state index in [0.717, 1.165) is 13.0 Å². The maximum atomic E-state index is 12.2. The van der Waals surface area contributed by atoms with Crippen molar-refractivity contribution in [3.05, 3.63) is 0 Å². The molecule has 1 rings (SSSR count). The highest BCUT2D eigenvalue weighted by atomic mass is 19.3. The van der Waals surface area contributed by atoms with Gasteiger partial charge in [-0.25, -0.2) is 8.78 Å². The minimum atomic E-state index is -2.33. The van der Waals surface area contributed by atoms with E-state index in [-0.39, 0.29) is 18.8 Å². The van der Waals surface area contributed by atoms with Crippen molar-refractivity contribution < 1.29 is 8.78 Å². The van der Waals surface area contributed by atoms with Gasteiger partial charge in [-0.3, -0.25) is 0 Å². The van der Waals surface area contributed by atoms with E-state index in [1.807, 2.05) is 7.05 Å². The molecule has 0 unspecified atom stereocenters. The van der Waals surface area contributed by atoms with E-state index in [1.54, 1.807) is 0 Å². The molecule has 10 heavy (non-hydrogen) atoms. The van der Waals surface area contributed by atoms with Gasteiger partial charge in [0.05, 0.1) is 0 Å². The van der Waals surface area contributed by atoms with Crippen LogP contribution in [0.2, 0.25) is 0 Å². The molecule has 1 aliphatic rings. The predicted molar refractivity (Wildman–Crippen MR) is 36.2 cm³/mol. The first kappa shape index (κ1) is 7.92. The molecule has 3 heteroatoms. The van der Waals surface area contributed by atoms with Crippen LogP contribution in [-0.4, -0.2) is 19.5 Å². The molecule has 0 radical (unpaired) electrons. The molecule has 0 aromatic rings. The molecule has 0 heterocycles. The molecule has 0 spiro atoms. The first-order valence-corrected chi connectivity index (χ1v) is 3.66. The molecule has 0 aromatic carbocycles. The van der Waals surface area contributed by atoms with E-state index in [2.05, 4.69) is 5.32 Å². The third-order valence-corrected chi connectivity index (χ3v) is 1.98. The summed E-state index contributed by atoms with van der Waals surface area (Å²) in [6.07, 6.45) is 1.11. The highest BCUT2D eigenvalue weighted by Gasteiger charge is 2.44. The van der Waals surface area contributed by atoms with Crippen LogP contribution in [0, 0.1) is 5.92 Å². The maximum Gasteiger partial charge on any atom is 0.248 e. The predicted octanol–water partition coefficient (Wildman–Crippen LogP) is 1.64. The quantitative estimate of drug-likeness (QED) is 0.643. The largest absolute Gasteiger partial charge is 0.320 e. The third kappa shape index (κ3) is 1.90. The molecule has 0 aromatic heterocycles. The lowest BCUT2D eigenvalue weighted by Crippen LogP contribution is -2.36. The van der Waals surface area contributed by atoms with Crippen LogP contribution in [0.3, 0.4) is 0 Å². The zero-order valence-electron chi connectivity index (χ0n) is 6.16. The Balaban J connectivity index is 2.03. The lowest BCUT2D eigenvalue weighted by Gasteiger charge is -2.34. The van der Waals surface area contributed by atoms with Gasteiger partial charge in [0, 0.05) is 12.8 Å². The Bertz CT molecular complexity index is 106. The van der Waals surface area contributed by atoms with Crippen LogP contribution < -0.4 is 5.32 Å². The summed E-state index contributed by atoms with van der Waals surface area (Å²) in [5, 5.41) is 2.95. The van der Waals surface area contributed by atoms with Gasteiger partial charge < -0.3 is 5.32 Å². The van der Waals surface area contributed by atoms with Gasteiger partial charge in [0.1, 0.15) is 0 Å². The van der Waals surface area contributed by atoms with Crippen LogP contribution >= 0.6 is 0 Å². The number of hydrogen-bond acceptors (Lipinski definition) is 1. The van der Waals surface area contributed by atoms with Crippen LogP contribution in [0.25, 0.3) is 0 Å². The van der Waals surface area contributed by atoms with E-state index < -0.39 is 5.92 Å². The molecule has 0 bridgehead atoms. The summed E-state index contributed by atoms with van der Waals surface area (Å²) >= 11 is 0. The lowest BCUT2D eigenvalue weighted by atomic mass is 9.79. The fourth-order valence-corrected chi connectivity index (χ4v) is 1.34. The van der Waals surface area contributed by atoms with Gasteiger partial charge in [-0.1, -0.05) is 0 Å². The maximum absolute atomic E-state index is 12.2. The Kier molecular flexibility index (Phi) is 2.24. The van der Waals surface area contributed by atoms with Gasteiger partial charge in [-0.2, -0.15) is 0 Å². The monoisotopic (exact) mass is 149 g/mol. The standard InChI is InChI=1S/C7H13F2N/c1-10-3-2-6-4-7(8,9)5-6/h6,10H,2-5H2,1H3. The SMILES string of the molecule is CNCCC1CC(F)(F)C1. The normalized spacial score (nSPS) is 24.3. The molecule has 60 valence electrons. The third-order valence-electron chi connectivity index (χ3n) is 1.98. The van der Waals surface area contributed by atoms with Crippen molar-refractivity contribution in [2.45, 2.75) is 25.2 Å². The van der Waals surface area contributed by atoms with E-state index >= 15 is 0 Å². The average Bonchev–Trinajstić information content (AvgIpc) is 1.78. The molecular weight excluding hydrogens is 136 g/mol. The zero-order valence-corrected chi connectivity index (χ0v) is 6.16. The van der Waals surface area contributed by atoms with E-state index in [9.17, 15) is 8.78 Å². The van der Waals surface area contributed by atoms with E-state index in [0.29, 0.717) is 0 Å². The van der Waals surface area contributed by atoms with Gasteiger partial charge in [0.15, 0.2) is 0 Å². The van der Waals surface area contributed by atoms with E-state index in [4.69, 9.17) is 0 Å². The highest BCUT2D eigenvalue weighted by molar-refractivity contribution is 4.85. The first-order valence-electron chi connectivity index (χ1n) is 3.66. The smallest absolute Gasteiger partial charge is 0.248 e.